The normalized spacial score (nSPS) is 11.3. The van der Waals surface area contributed by atoms with Gasteiger partial charge in [-0.2, -0.15) is 0 Å². The fourth-order valence-corrected chi connectivity index (χ4v) is 1.95. The van der Waals surface area contributed by atoms with Gasteiger partial charge < -0.3 is 4.98 Å². The minimum atomic E-state index is -0.332. The van der Waals surface area contributed by atoms with E-state index in [9.17, 15) is 4.39 Å². The van der Waals surface area contributed by atoms with Crippen molar-refractivity contribution in [3.63, 3.8) is 0 Å². The maximum absolute atomic E-state index is 13.6. The Hall–Kier alpha value is -1.61. The van der Waals surface area contributed by atoms with Crippen LogP contribution in [0.4, 0.5) is 4.39 Å². The zero-order valence-electron chi connectivity index (χ0n) is 7.59. The molecule has 0 bridgehead atoms. The van der Waals surface area contributed by atoms with Crippen LogP contribution < -0.4 is 0 Å². The first kappa shape index (κ1) is 8.68. The molecule has 0 saturated carbocycles. The van der Waals surface area contributed by atoms with Gasteiger partial charge in [0.2, 0.25) is 0 Å². The average Bonchev–Trinajstić information content (AvgIpc) is 2.57. The van der Waals surface area contributed by atoms with Crippen LogP contribution in [0.2, 0.25) is 5.02 Å². The second kappa shape index (κ2) is 2.94. The summed E-state index contributed by atoms with van der Waals surface area (Å²) in [6, 6.07) is 5.35. The quantitative estimate of drug-likeness (QED) is 0.617. The summed E-state index contributed by atoms with van der Waals surface area (Å²) in [5, 5.41) is 1.93. The van der Waals surface area contributed by atoms with Crippen molar-refractivity contribution in [1.82, 2.24) is 9.97 Å². The van der Waals surface area contributed by atoms with Crippen LogP contribution in [0.5, 0.6) is 0 Å². The highest BCUT2D eigenvalue weighted by Crippen LogP contribution is 2.28. The van der Waals surface area contributed by atoms with Crippen molar-refractivity contribution >= 4 is 33.4 Å². The first-order valence-corrected chi connectivity index (χ1v) is 4.84. The minimum Gasteiger partial charge on any atom is -0.353 e. The van der Waals surface area contributed by atoms with Gasteiger partial charge in [0.25, 0.3) is 0 Å². The summed E-state index contributed by atoms with van der Waals surface area (Å²) in [5.41, 5.74) is 1.55. The Bertz CT molecular complexity index is 660. The van der Waals surface area contributed by atoms with Gasteiger partial charge in [-0.1, -0.05) is 11.6 Å². The molecule has 0 amide bonds. The van der Waals surface area contributed by atoms with E-state index in [0.29, 0.717) is 15.9 Å². The smallest absolute Gasteiger partial charge is 0.151 e. The molecule has 0 aliphatic rings. The Morgan fingerprint density at radius 1 is 1.20 bits per heavy atom. The highest BCUT2D eigenvalue weighted by atomic mass is 35.5. The van der Waals surface area contributed by atoms with Crippen molar-refractivity contribution in [3.8, 4) is 0 Å². The maximum atomic E-state index is 13.6. The minimum absolute atomic E-state index is 0.332. The molecule has 74 valence electrons. The molecule has 0 saturated heterocycles. The van der Waals surface area contributed by atoms with Gasteiger partial charge in [0.15, 0.2) is 5.82 Å². The maximum Gasteiger partial charge on any atom is 0.151 e. The standard InChI is InChI=1S/C11H6ClFN2/c12-6-1-2-9-7(3-6)11-8(13)4-14-5-10(11)15-9/h1-5,15H. The number of aromatic nitrogens is 2. The van der Waals surface area contributed by atoms with E-state index in [1.54, 1.807) is 18.3 Å². The summed E-state index contributed by atoms with van der Waals surface area (Å²) in [5.74, 6) is -0.332. The van der Waals surface area contributed by atoms with Gasteiger partial charge in [-0.25, -0.2) is 4.39 Å². The third-order valence-corrected chi connectivity index (χ3v) is 2.66. The highest BCUT2D eigenvalue weighted by molar-refractivity contribution is 6.31. The highest BCUT2D eigenvalue weighted by Gasteiger charge is 2.08. The first-order chi connectivity index (χ1) is 7.25. The molecule has 0 spiro atoms. The first-order valence-electron chi connectivity index (χ1n) is 4.46. The Labute approximate surface area is 89.7 Å². The molecule has 3 aromatic rings. The van der Waals surface area contributed by atoms with E-state index in [2.05, 4.69) is 9.97 Å². The van der Waals surface area contributed by atoms with E-state index in [1.165, 1.54) is 6.20 Å². The van der Waals surface area contributed by atoms with Gasteiger partial charge in [-0.05, 0) is 18.2 Å². The number of nitrogens with one attached hydrogen (secondary N) is 1. The molecule has 2 heterocycles. The Morgan fingerprint density at radius 2 is 2.07 bits per heavy atom. The number of rotatable bonds is 0. The fraction of sp³-hybridized carbons (Fsp3) is 0. The Kier molecular flexibility index (Phi) is 1.70. The summed E-state index contributed by atoms with van der Waals surface area (Å²) in [6.07, 6.45) is 2.81. The van der Waals surface area contributed by atoms with Gasteiger partial charge >= 0.3 is 0 Å². The second-order valence-corrected chi connectivity index (χ2v) is 3.80. The second-order valence-electron chi connectivity index (χ2n) is 3.36. The van der Waals surface area contributed by atoms with Crippen molar-refractivity contribution in [2.45, 2.75) is 0 Å². The molecular weight excluding hydrogens is 215 g/mol. The van der Waals surface area contributed by atoms with Crippen LogP contribution in [0.3, 0.4) is 0 Å². The zero-order chi connectivity index (χ0) is 10.4. The van der Waals surface area contributed by atoms with E-state index < -0.39 is 0 Å². The third kappa shape index (κ3) is 1.20. The van der Waals surface area contributed by atoms with Gasteiger partial charge in [-0.15, -0.1) is 0 Å². The van der Waals surface area contributed by atoms with Crippen LogP contribution in [-0.2, 0) is 0 Å². The molecule has 1 aromatic carbocycles. The largest absolute Gasteiger partial charge is 0.353 e. The van der Waals surface area contributed by atoms with Gasteiger partial charge in [0, 0.05) is 21.3 Å². The Morgan fingerprint density at radius 3 is 2.93 bits per heavy atom. The van der Waals surface area contributed by atoms with Crippen molar-refractivity contribution in [2.75, 3.05) is 0 Å². The molecule has 0 radical (unpaired) electrons. The van der Waals surface area contributed by atoms with Crippen molar-refractivity contribution in [1.29, 1.82) is 0 Å². The fourth-order valence-electron chi connectivity index (χ4n) is 1.78. The molecule has 4 heteroatoms. The number of hydrogen-bond acceptors (Lipinski definition) is 1. The van der Waals surface area contributed by atoms with Gasteiger partial charge in [0.05, 0.1) is 17.9 Å². The molecule has 0 atom stereocenters. The number of hydrogen-bond donors (Lipinski definition) is 1. The van der Waals surface area contributed by atoms with E-state index in [4.69, 9.17) is 11.6 Å². The number of halogens is 2. The van der Waals surface area contributed by atoms with Gasteiger partial charge in [0.1, 0.15) is 0 Å². The molecular formula is C11H6ClFN2. The monoisotopic (exact) mass is 220 g/mol. The summed E-state index contributed by atoms with van der Waals surface area (Å²) in [7, 11) is 0. The summed E-state index contributed by atoms with van der Waals surface area (Å²) in [4.78, 5) is 6.88. The Balaban J connectivity index is 2.61. The predicted molar refractivity (Wildman–Crippen MR) is 58.6 cm³/mol. The number of benzene rings is 1. The lowest BCUT2D eigenvalue weighted by molar-refractivity contribution is 0.635. The van der Waals surface area contributed by atoms with Crippen LogP contribution >= 0.6 is 11.6 Å². The molecule has 0 aliphatic carbocycles. The zero-order valence-corrected chi connectivity index (χ0v) is 8.35. The summed E-state index contributed by atoms with van der Waals surface area (Å²) in [6.45, 7) is 0. The van der Waals surface area contributed by atoms with Crippen molar-refractivity contribution in [3.05, 3.63) is 41.4 Å². The third-order valence-electron chi connectivity index (χ3n) is 2.42. The SMILES string of the molecule is Fc1cncc2[nH]c3ccc(Cl)cc3c12. The van der Waals surface area contributed by atoms with E-state index in [-0.39, 0.29) is 5.82 Å². The number of pyridine rings is 1. The molecule has 2 aromatic heterocycles. The molecule has 2 nitrogen and oxygen atoms in total. The number of nitrogens with zero attached hydrogens (tertiary/aromatic N) is 1. The lowest BCUT2D eigenvalue weighted by atomic mass is 10.2. The van der Waals surface area contributed by atoms with Crippen LogP contribution in [0.15, 0.2) is 30.6 Å². The van der Waals surface area contributed by atoms with Crippen LogP contribution in [0, 0.1) is 5.82 Å². The van der Waals surface area contributed by atoms with Crippen LogP contribution in [-0.4, -0.2) is 9.97 Å². The molecule has 1 N–H and O–H groups in total. The molecule has 3 rings (SSSR count). The topological polar surface area (TPSA) is 28.7 Å². The summed E-state index contributed by atoms with van der Waals surface area (Å²) >= 11 is 5.88. The number of aromatic amines is 1. The predicted octanol–water partition coefficient (Wildman–Crippen LogP) is 3.51. The lowest BCUT2D eigenvalue weighted by Gasteiger charge is -1.93. The van der Waals surface area contributed by atoms with E-state index >= 15 is 0 Å². The lowest BCUT2D eigenvalue weighted by Crippen LogP contribution is -1.78. The van der Waals surface area contributed by atoms with E-state index in [0.717, 1.165) is 10.9 Å². The van der Waals surface area contributed by atoms with Crippen molar-refractivity contribution < 1.29 is 4.39 Å². The summed E-state index contributed by atoms with van der Waals surface area (Å²) < 4.78 is 13.6. The molecule has 0 aliphatic heterocycles. The molecule has 15 heavy (non-hydrogen) atoms. The molecule has 0 fully saturated rings. The number of H-pyrrole nitrogens is 1. The average molecular weight is 221 g/mol. The molecule has 0 unspecified atom stereocenters. The van der Waals surface area contributed by atoms with E-state index in [1.807, 2.05) is 6.07 Å². The van der Waals surface area contributed by atoms with Gasteiger partial charge in [-0.3, -0.25) is 4.98 Å². The van der Waals surface area contributed by atoms with Crippen molar-refractivity contribution in [2.24, 2.45) is 0 Å². The van der Waals surface area contributed by atoms with Crippen LogP contribution in [0.25, 0.3) is 21.8 Å². The number of fused-ring (bicyclic) bond motifs is 3. The van der Waals surface area contributed by atoms with Crippen LogP contribution in [0.1, 0.15) is 0 Å².